The fraction of sp³-hybridized carbons (Fsp3) is 0.588. The quantitative estimate of drug-likeness (QED) is 0.809. The number of ether oxygens (including phenoxy) is 1. The van der Waals surface area contributed by atoms with E-state index in [4.69, 9.17) is 9.15 Å². The first-order valence-corrected chi connectivity index (χ1v) is 8.46. The molecule has 3 heterocycles. The summed E-state index contributed by atoms with van der Waals surface area (Å²) in [6, 6.07) is 2.35. The molecule has 136 valence electrons. The average Bonchev–Trinajstić information content (AvgIpc) is 3.19. The van der Waals surface area contributed by atoms with Gasteiger partial charge in [0.15, 0.2) is 5.89 Å². The van der Waals surface area contributed by atoms with Crippen LogP contribution in [0.4, 0.5) is 11.6 Å². The van der Waals surface area contributed by atoms with Gasteiger partial charge in [0.1, 0.15) is 23.7 Å². The molecule has 0 aromatic carbocycles. The highest BCUT2D eigenvalue weighted by molar-refractivity contribution is 5.50. The van der Waals surface area contributed by atoms with Crippen molar-refractivity contribution in [3.05, 3.63) is 30.2 Å². The maximum atomic E-state index is 5.57. The Balaban J connectivity index is 1.70. The predicted molar refractivity (Wildman–Crippen MR) is 95.7 cm³/mol. The largest absolute Gasteiger partial charge is 0.444 e. The molecular weight excluding hydrogens is 320 g/mol. The molecule has 8 heteroatoms. The normalized spacial score (nSPS) is 20.4. The smallest absolute Gasteiger partial charge is 0.191 e. The highest BCUT2D eigenvalue weighted by atomic mass is 16.5. The van der Waals surface area contributed by atoms with Gasteiger partial charge in [0.2, 0.25) is 0 Å². The molecule has 0 radical (unpaired) electrons. The van der Waals surface area contributed by atoms with E-state index in [1.165, 1.54) is 0 Å². The van der Waals surface area contributed by atoms with Crippen molar-refractivity contribution in [2.24, 2.45) is 0 Å². The second-order valence-corrected chi connectivity index (χ2v) is 6.62. The number of aryl methyl sites for hydroxylation is 1. The van der Waals surface area contributed by atoms with Crippen molar-refractivity contribution in [3.63, 3.8) is 0 Å². The Labute approximate surface area is 148 Å². The fourth-order valence-electron chi connectivity index (χ4n) is 3.19. The molecule has 1 N–H and O–H groups in total. The van der Waals surface area contributed by atoms with E-state index < -0.39 is 0 Å². The van der Waals surface area contributed by atoms with Gasteiger partial charge >= 0.3 is 0 Å². The van der Waals surface area contributed by atoms with Crippen molar-refractivity contribution in [1.29, 1.82) is 0 Å². The number of likely N-dealkylation sites (N-methyl/N-ethyl adjacent to an activating group) is 1. The summed E-state index contributed by atoms with van der Waals surface area (Å²) in [5.74, 6) is 3.12. The Morgan fingerprint density at radius 1 is 1.36 bits per heavy atom. The predicted octanol–water partition coefficient (Wildman–Crippen LogP) is 1.54. The molecule has 0 bridgehead atoms. The molecule has 0 amide bonds. The van der Waals surface area contributed by atoms with Gasteiger partial charge in [-0.3, -0.25) is 0 Å². The SMILES string of the molecule is CO[C@H]1C[C@@H](CN(C)C)N(c2cc(NCc3cnc(C)o3)ncn2)C1. The Morgan fingerprint density at radius 3 is 2.88 bits per heavy atom. The van der Waals surface area contributed by atoms with E-state index in [-0.39, 0.29) is 6.10 Å². The number of nitrogens with one attached hydrogen (secondary N) is 1. The molecule has 8 nitrogen and oxygen atoms in total. The second kappa shape index (κ2) is 7.79. The van der Waals surface area contributed by atoms with Gasteiger partial charge in [-0.05, 0) is 20.5 Å². The summed E-state index contributed by atoms with van der Waals surface area (Å²) < 4.78 is 11.0. The topological polar surface area (TPSA) is 79.5 Å². The van der Waals surface area contributed by atoms with Crippen LogP contribution in [0.25, 0.3) is 0 Å². The van der Waals surface area contributed by atoms with Gasteiger partial charge in [0, 0.05) is 39.2 Å². The molecule has 0 saturated carbocycles. The van der Waals surface area contributed by atoms with E-state index in [1.54, 1.807) is 19.6 Å². The third kappa shape index (κ3) is 4.46. The van der Waals surface area contributed by atoms with Crippen LogP contribution in [0.3, 0.4) is 0 Å². The number of rotatable bonds is 7. The van der Waals surface area contributed by atoms with Gasteiger partial charge < -0.3 is 24.3 Å². The molecule has 1 aliphatic rings. The molecule has 2 aromatic heterocycles. The van der Waals surface area contributed by atoms with Crippen molar-refractivity contribution in [3.8, 4) is 0 Å². The third-order valence-electron chi connectivity index (χ3n) is 4.35. The zero-order chi connectivity index (χ0) is 17.8. The van der Waals surface area contributed by atoms with E-state index in [0.29, 0.717) is 18.5 Å². The van der Waals surface area contributed by atoms with E-state index in [2.05, 4.69) is 44.2 Å². The maximum absolute atomic E-state index is 5.57. The highest BCUT2D eigenvalue weighted by Crippen LogP contribution is 2.27. The van der Waals surface area contributed by atoms with Gasteiger partial charge in [-0.15, -0.1) is 0 Å². The number of oxazole rings is 1. The lowest BCUT2D eigenvalue weighted by molar-refractivity contribution is 0.117. The van der Waals surface area contributed by atoms with Crippen LogP contribution >= 0.6 is 0 Å². The summed E-state index contributed by atoms with van der Waals surface area (Å²) in [7, 11) is 5.95. The van der Waals surface area contributed by atoms with Crippen molar-refractivity contribution >= 4 is 11.6 Å². The van der Waals surface area contributed by atoms with Crippen LogP contribution in [0.5, 0.6) is 0 Å². The van der Waals surface area contributed by atoms with Crippen LogP contribution in [0.2, 0.25) is 0 Å². The number of anilines is 2. The molecule has 0 spiro atoms. The van der Waals surface area contributed by atoms with Gasteiger partial charge in [-0.1, -0.05) is 0 Å². The van der Waals surface area contributed by atoms with Gasteiger partial charge in [0.25, 0.3) is 0 Å². The monoisotopic (exact) mass is 346 g/mol. The van der Waals surface area contributed by atoms with Crippen LogP contribution in [0.15, 0.2) is 23.0 Å². The summed E-state index contributed by atoms with van der Waals surface area (Å²) in [6.45, 7) is 4.17. The van der Waals surface area contributed by atoms with Crippen LogP contribution in [-0.4, -0.2) is 66.3 Å². The standard InChI is InChI=1S/C17H26N6O2/c1-12-18-7-15(25-12)8-19-16-6-17(21-11-20-16)23-10-14(24-4)5-13(23)9-22(2)3/h6-7,11,13-14H,5,8-10H2,1-4H3,(H,19,20,21)/t13-,14-/m0/s1. The van der Waals surface area contributed by atoms with Crippen LogP contribution in [0, 0.1) is 6.92 Å². The molecule has 1 fully saturated rings. The summed E-state index contributed by atoms with van der Waals surface area (Å²) in [5, 5.41) is 3.27. The van der Waals surface area contributed by atoms with Crippen molar-refractivity contribution in [1.82, 2.24) is 19.9 Å². The van der Waals surface area contributed by atoms with E-state index in [9.17, 15) is 0 Å². The maximum Gasteiger partial charge on any atom is 0.191 e. The van der Waals surface area contributed by atoms with E-state index in [0.717, 1.165) is 36.9 Å². The second-order valence-electron chi connectivity index (χ2n) is 6.62. The van der Waals surface area contributed by atoms with Crippen LogP contribution in [0.1, 0.15) is 18.1 Å². The minimum Gasteiger partial charge on any atom is -0.444 e. The molecule has 3 rings (SSSR count). The summed E-state index contributed by atoms with van der Waals surface area (Å²) in [5.41, 5.74) is 0. The minimum absolute atomic E-state index is 0.230. The molecule has 1 saturated heterocycles. The molecule has 0 unspecified atom stereocenters. The lowest BCUT2D eigenvalue weighted by atomic mass is 10.2. The molecule has 0 aliphatic carbocycles. The van der Waals surface area contributed by atoms with Gasteiger partial charge in [-0.25, -0.2) is 15.0 Å². The first-order chi connectivity index (χ1) is 12.0. The Morgan fingerprint density at radius 2 is 2.20 bits per heavy atom. The van der Waals surface area contributed by atoms with Crippen LogP contribution < -0.4 is 10.2 Å². The molecule has 2 aromatic rings. The molecule has 25 heavy (non-hydrogen) atoms. The number of aromatic nitrogens is 3. The Bertz CT molecular complexity index is 689. The first-order valence-electron chi connectivity index (χ1n) is 8.46. The van der Waals surface area contributed by atoms with Gasteiger partial charge in [-0.2, -0.15) is 0 Å². The first kappa shape index (κ1) is 17.6. The lowest BCUT2D eigenvalue weighted by Crippen LogP contribution is -2.38. The molecule has 1 aliphatic heterocycles. The Kier molecular flexibility index (Phi) is 5.50. The zero-order valence-electron chi connectivity index (χ0n) is 15.3. The van der Waals surface area contributed by atoms with E-state index in [1.807, 2.05) is 13.0 Å². The summed E-state index contributed by atoms with van der Waals surface area (Å²) in [6.07, 6.45) is 4.55. The van der Waals surface area contributed by atoms with Crippen molar-refractivity contribution in [2.75, 3.05) is 44.5 Å². The molecular formula is C17H26N6O2. The number of hydrogen-bond acceptors (Lipinski definition) is 8. The number of nitrogens with zero attached hydrogens (tertiary/aromatic N) is 5. The van der Waals surface area contributed by atoms with Crippen molar-refractivity contribution < 1.29 is 9.15 Å². The molecule has 2 atom stereocenters. The highest BCUT2D eigenvalue weighted by Gasteiger charge is 2.33. The number of methoxy groups -OCH3 is 1. The summed E-state index contributed by atoms with van der Waals surface area (Å²) >= 11 is 0. The van der Waals surface area contributed by atoms with Crippen molar-refractivity contribution in [2.45, 2.75) is 32.0 Å². The third-order valence-corrected chi connectivity index (χ3v) is 4.35. The fourth-order valence-corrected chi connectivity index (χ4v) is 3.19. The average molecular weight is 346 g/mol. The zero-order valence-corrected chi connectivity index (χ0v) is 15.3. The van der Waals surface area contributed by atoms with Crippen LogP contribution in [-0.2, 0) is 11.3 Å². The minimum atomic E-state index is 0.230. The van der Waals surface area contributed by atoms with Gasteiger partial charge in [0.05, 0.1) is 18.8 Å². The lowest BCUT2D eigenvalue weighted by Gasteiger charge is -2.27. The van der Waals surface area contributed by atoms with E-state index >= 15 is 0 Å². The number of hydrogen-bond donors (Lipinski definition) is 1. The summed E-state index contributed by atoms with van der Waals surface area (Å²) in [4.78, 5) is 17.4. The Hall–Kier alpha value is -2.19.